The van der Waals surface area contributed by atoms with Crippen LogP contribution in [0.25, 0.3) is 0 Å². The average Bonchev–Trinajstić information content (AvgIpc) is 2.01. The number of anilines is 2. The zero-order valence-electron chi connectivity index (χ0n) is 8.40. The molecule has 0 fully saturated rings. The molecular weight excluding hydrogens is 198 g/mol. The molecule has 0 aliphatic rings. The Labute approximate surface area is 88.3 Å². The minimum atomic E-state index is 0.202. The summed E-state index contributed by atoms with van der Waals surface area (Å²) in [7, 11) is 3.82. The van der Waals surface area contributed by atoms with Crippen LogP contribution in [0.2, 0.25) is 0 Å². The Balaban J connectivity index is 3.01. The van der Waals surface area contributed by atoms with Gasteiger partial charge in [-0.1, -0.05) is 0 Å². The molecule has 0 saturated carbocycles. The number of aromatic nitrogens is 2. The van der Waals surface area contributed by atoms with E-state index < -0.39 is 0 Å². The van der Waals surface area contributed by atoms with Crippen molar-refractivity contribution in [2.45, 2.75) is 6.92 Å². The molecule has 5 nitrogen and oxygen atoms in total. The third-order valence-corrected chi connectivity index (χ3v) is 1.64. The predicted octanol–water partition coefficient (Wildman–Crippen LogP) is 0.507. The molecule has 0 bridgehead atoms. The van der Waals surface area contributed by atoms with Gasteiger partial charge in [0.25, 0.3) is 0 Å². The Morgan fingerprint density at radius 1 is 1.50 bits per heavy atom. The normalized spacial score (nSPS) is 9.64. The third kappa shape index (κ3) is 2.81. The summed E-state index contributed by atoms with van der Waals surface area (Å²) < 4.78 is 0. The van der Waals surface area contributed by atoms with Crippen LogP contribution in [0, 0.1) is 6.92 Å². The van der Waals surface area contributed by atoms with Gasteiger partial charge >= 0.3 is 0 Å². The molecule has 76 valence electrons. The van der Waals surface area contributed by atoms with E-state index >= 15 is 0 Å². The lowest BCUT2D eigenvalue weighted by molar-refractivity contribution is 0.992. The maximum absolute atomic E-state index is 5.35. The fraction of sp³-hybridized carbons (Fsp3) is 0.375. The zero-order valence-corrected chi connectivity index (χ0v) is 9.22. The second kappa shape index (κ2) is 4.19. The lowest BCUT2D eigenvalue weighted by Gasteiger charge is -2.13. The molecule has 0 radical (unpaired) electrons. The van der Waals surface area contributed by atoms with Gasteiger partial charge in [-0.2, -0.15) is 0 Å². The lowest BCUT2D eigenvalue weighted by Crippen LogP contribution is -2.21. The average molecular weight is 211 g/mol. The Bertz CT molecular complexity index is 350. The van der Waals surface area contributed by atoms with E-state index in [0.29, 0.717) is 11.6 Å². The van der Waals surface area contributed by atoms with Gasteiger partial charge in [0.1, 0.15) is 17.5 Å². The molecule has 1 aromatic heterocycles. The van der Waals surface area contributed by atoms with E-state index in [9.17, 15) is 0 Å². The quantitative estimate of drug-likeness (QED) is 0.695. The van der Waals surface area contributed by atoms with E-state index in [4.69, 9.17) is 18.0 Å². The Morgan fingerprint density at radius 3 is 2.64 bits per heavy atom. The summed E-state index contributed by atoms with van der Waals surface area (Å²) in [5, 5.41) is 2.97. The van der Waals surface area contributed by atoms with E-state index in [-0.39, 0.29) is 5.11 Å². The van der Waals surface area contributed by atoms with Crippen LogP contribution < -0.4 is 16.0 Å². The van der Waals surface area contributed by atoms with Gasteiger partial charge in [0.2, 0.25) is 0 Å². The van der Waals surface area contributed by atoms with Gasteiger partial charge in [0, 0.05) is 20.2 Å². The van der Waals surface area contributed by atoms with Crippen molar-refractivity contribution in [2.75, 3.05) is 24.3 Å². The second-order valence-corrected chi connectivity index (χ2v) is 3.48. The van der Waals surface area contributed by atoms with Crippen LogP contribution in [0.3, 0.4) is 0 Å². The SMILES string of the molecule is Cc1nc(NC(N)=S)cc(N(C)C)n1. The van der Waals surface area contributed by atoms with Crippen LogP contribution in [0.4, 0.5) is 11.6 Å². The van der Waals surface area contributed by atoms with Gasteiger partial charge in [-0.15, -0.1) is 0 Å². The van der Waals surface area contributed by atoms with E-state index in [1.54, 1.807) is 6.07 Å². The van der Waals surface area contributed by atoms with Crippen molar-refractivity contribution in [2.24, 2.45) is 5.73 Å². The van der Waals surface area contributed by atoms with Crippen molar-refractivity contribution in [3.63, 3.8) is 0 Å². The Morgan fingerprint density at radius 2 is 2.14 bits per heavy atom. The molecule has 1 aromatic rings. The summed E-state index contributed by atoms with van der Waals surface area (Å²) in [4.78, 5) is 10.3. The van der Waals surface area contributed by atoms with Crippen LogP contribution in [-0.2, 0) is 0 Å². The number of rotatable bonds is 2. The van der Waals surface area contributed by atoms with Crippen LogP contribution in [0.5, 0.6) is 0 Å². The van der Waals surface area contributed by atoms with E-state index in [1.165, 1.54) is 0 Å². The largest absolute Gasteiger partial charge is 0.376 e. The molecule has 0 aliphatic carbocycles. The number of nitrogens with one attached hydrogen (secondary N) is 1. The van der Waals surface area contributed by atoms with Crippen molar-refractivity contribution in [3.8, 4) is 0 Å². The summed E-state index contributed by atoms with van der Waals surface area (Å²) in [6, 6.07) is 1.78. The molecule has 3 N–H and O–H groups in total. The minimum absolute atomic E-state index is 0.202. The van der Waals surface area contributed by atoms with Crippen molar-refractivity contribution >= 4 is 29.0 Å². The number of hydrogen-bond acceptors (Lipinski definition) is 4. The molecule has 1 heterocycles. The number of nitrogens with two attached hydrogens (primary N) is 1. The predicted molar refractivity (Wildman–Crippen MR) is 61.5 cm³/mol. The summed E-state index contributed by atoms with van der Waals surface area (Å²) in [5.41, 5.74) is 5.35. The number of thiocarbonyl (C=S) groups is 1. The Hall–Kier alpha value is -1.43. The van der Waals surface area contributed by atoms with Gasteiger partial charge < -0.3 is 16.0 Å². The first-order chi connectivity index (χ1) is 6.49. The van der Waals surface area contributed by atoms with E-state index in [0.717, 1.165) is 5.82 Å². The van der Waals surface area contributed by atoms with Gasteiger partial charge in [-0.3, -0.25) is 0 Å². The zero-order chi connectivity index (χ0) is 10.7. The summed E-state index contributed by atoms with van der Waals surface area (Å²) in [5.74, 6) is 2.11. The fourth-order valence-electron chi connectivity index (χ4n) is 0.971. The third-order valence-electron chi connectivity index (χ3n) is 1.53. The highest BCUT2D eigenvalue weighted by molar-refractivity contribution is 7.80. The van der Waals surface area contributed by atoms with Gasteiger partial charge in [-0.25, -0.2) is 9.97 Å². The molecule has 0 amide bonds. The van der Waals surface area contributed by atoms with Gasteiger partial charge in [0.05, 0.1) is 0 Å². The highest BCUT2D eigenvalue weighted by Gasteiger charge is 2.03. The molecule has 0 spiro atoms. The highest BCUT2D eigenvalue weighted by Crippen LogP contribution is 2.12. The van der Waals surface area contributed by atoms with Crippen LogP contribution >= 0.6 is 12.2 Å². The maximum Gasteiger partial charge on any atom is 0.169 e. The molecule has 1 rings (SSSR count). The first kappa shape index (κ1) is 10.6. The van der Waals surface area contributed by atoms with Gasteiger partial charge in [-0.05, 0) is 19.1 Å². The number of nitrogens with zero attached hydrogens (tertiary/aromatic N) is 3. The van der Waals surface area contributed by atoms with Crippen molar-refractivity contribution in [3.05, 3.63) is 11.9 Å². The molecule has 0 atom stereocenters. The summed E-state index contributed by atoms with van der Waals surface area (Å²) in [6.07, 6.45) is 0. The second-order valence-electron chi connectivity index (χ2n) is 3.04. The van der Waals surface area contributed by atoms with E-state index in [2.05, 4.69) is 15.3 Å². The Kier molecular flexibility index (Phi) is 3.19. The molecule has 14 heavy (non-hydrogen) atoms. The summed E-state index contributed by atoms with van der Waals surface area (Å²) in [6.45, 7) is 1.82. The highest BCUT2D eigenvalue weighted by atomic mass is 32.1. The van der Waals surface area contributed by atoms with Crippen LogP contribution in [0.1, 0.15) is 5.82 Å². The molecular formula is C8H13N5S. The smallest absolute Gasteiger partial charge is 0.169 e. The molecule has 0 unspecified atom stereocenters. The van der Waals surface area contributed by atoms with Crippen molar-refractivity contribution in [1.29, 1.82) is 0 Å². The first-order valence-electron chi connectivity index (χ1n) is 4.08. The van der Waals surface area contributed by atoms with Crippen molar-refractivity contribution < 1.29 is 0 Å². The molecule has 0 aliphatic heterocycles. The molecule has 0 saturated heterocycles. The molecule has 0 aromatic carbocycles. The first-order valence-corrected chi connectivity index (χ1v) is 4.49. The minimum Gasteiger partial charge on any atom is -0.376 e. The van der Waals surface area contributed by atoms with Crippen LogP contribution in [-0.4, -0.2) is 29.2 Å². The molecule has 6 heteroatoms. The fourth-order valence-corrected chi connectivity index (χ4v) is 1.08. The van der Waals surface area contributed by atoms with Gasteiger partial charge in [0.15, 0.2) is 5.11 Å². The number of hydrogen-bond donors (Lipinski definition) is 2. The summed E-state index contributed by atoms with van der Waals surface area (Å²) >= 11 is 4.72. The maximum atomic E-state index is 5.35. The topological polar surface area (TPSA) is 67.1 Å². The van der Waals surface area contributed by atoms with E-state index in [1.807, 2.05) is 25.9 Å². The monoisotopic (exact) mass is 211 g/mol. The van der Waals surface area contributed by atoms with Crippen molar-refractivity contribution in [1.82, 2.24) is 9.97 Å². The standard InChI is InChI=1S/C8H13N5S/c1-5-10-6(12-8(9)14)4-7(11-5)13(2)3/h4H,1-3H3,(H3,9,10,11,12,14). The lowest BCUT2D eigenvalue weighted by atomic mass is 10.4. The van der Waals surface area contributed by atoms with Crippen LogP contribution in [0.15, 0.2) is 6.07 Å². The number of aryl methyl sites for hydroxylation is 1.